The molecule has 106 valence electrons. The van der Waals surface area contributed by atoms with Crippen molar-refractivity contribution in [1.82, 2.24) is 10.3 Å². The van der Waals surface area contributed by atoms with Gasteiger partial charge in [-0.3, -0.25) is 9.78 Å². The normalized spacial score (nSPS) is 11.4. The molecular formula is C14H23N3O2. The highest BCUT2D eigenvalue weighted by Crippen LogP contribution is 2.24. The van der Waals surface area contributed by atoms with E-state index in [1.165, 1.54) is 0 Å². The minimum absolute atomic E-state index is 0.314. The van der Waals surface area contributed by atoms with Gasteiger partial charge in [0.15, 0.2) is 0 Å². The van der Waals surface area contributed by atoms with Crippen molar-refractivity contribution in [2.45, 2.75) is 34.2 Å². The summed E-state index contributed by atoms with van der Waals surface area (Å²) in [6.45, 7) is 8.68. The molecule has 1 rings (SSSR count). The predicted molar refractivity (Wildman–Crippen MR) is 74.9 cm³/mol. The van der Waals surface area contributed by atoms with Crippen molar-refractivity contribution in [1.29, 1.82) is 0 Å². The number of carbonyl (C=O) groups is 1. The second kappa shape index (κ2) is 6.02. The molecule has 0 radical (unpaired) electrons. The van der Waals surface area contributed by atoms with E-state index in [1.807, 2.05) is 27.7 Å². The Morgan fingerprint density at radius 3 is 2.63 bits per heavy atom. The molecule has 1 amide bonds. The second-order valence-corrected chi connectivity index (χ2v) is 5.40. The van der Waals surface area contributed by atoms with Gasteiger partial charge in [-0.25, -0.2) is 0 Å². The van der Waals surface area contributed by atoms with Crippen molar-refractivity contribution >= 4 is 5.91 Å². The number of hydrogen-bond acceptors (Lipinski definition) is 4. The molecular weight excluding hydrogens is 242 g/mol. The van der Waals surface area contributed by atoms with Crippen LogP contribution in [-0.4, -0.2) is 24.5 Å². The molecule has 0 saturated heterocycles. The number of primary amides is 1. The lowest BCUT2D eigenvalue weighted by Crippen LogP contribution is -2.40. The number of rotatable bonds is 6. The van der Waals surface area contributed by atoms with Crippen molar-refractivity contribution in [3.63, 3.8) is 0 Å². The number of pyridine rings is 1. The van der Waals surface area contributed by atoms with Gasteiger partial charge in [-0.2, -0.15) is 0 Å². The maximum absolute atomic E-state index is 11.2. The Morgan fingerprint density at radius 1 is 1.47 bits per heavy atom. The summed E-state index contributed by atoms with van der Waals surface area (Å²) in [4.78, 5) is 15.6. The number of carbonyl (C=O) groups excluding carboxylic acids is 1. The number of ether oxygens (including phenoxy) is 1. The third-order valence-corrected chi connectivity index (χ3v) is 3.28. The van der Waals surface area contributed by atoms with Gasteiger partial charge in [0.25, 0.3) is 0 Å². The summed E-state index contributed by atoms with van der Waals surface area (Å²) in [7, 11) is 1.66. The smallest absolute Gasteiger partial charge is 0.224 e. The first-order chi connectivity index (χ1) is 8.79. The Balaban J connectivity index is 2.72. The lowest BCUT2D eigenvalue weighted by atomic mass is 9.93. The summed E-state index contributed by atoms with van der Waals surface area (Å²) < 4.78 is 5.36. The first-order valence-corrected chi connectivity index (χ1v) is 6.29. The number of nitrogens with one attached hydrogen (secondary N) is 1. The molecule has 0 unspecified atom stereocenters. The molecule has 0 aromatic carbocycles. The number of nitrogens with zero attached hydrogens (tertiary/aromatic N) is 1. The summed E-state index contributed by atoms with van der Waals surface area (Å²) in [6.07, 6.45) is 1.79. The summed E-state index contributed by atoms with van der Waals surface area (Å²) in [5, 5.41) is 3.22. The molecule has 1 heterocycles. The molecule has 3 N–H and O–H groups in total. The van der Waals surface area contributed by atoms with Gasteiger partial charge in [0, 0.05) is 30.4 Å². The van der Waals surface area contributed by atoms with E-state index in [4.69, 9.17) is 10.5 Å². The molecule has 1 aromatic rings. The van der Waals surface area contributed by atoms with Gasteiger partial charge < -0.3 is 15.8 Å². The average molecular weight is 265 g/mol. The number of hydrogen-bond donors (Lipinski definition) is 2. The van der Waals surface area contributed by atoms with Crippen molar-refractivity contribution < 1.29 is 9.53 Å². The van der Waals surface area contributed by atoms with Gasteiger partial charge in [0.1, 0.15) is 5.75 Å². The topological polar surface area (TPSA) is 77.2 Å². The van der Waals surface area contributed by atoms with Gasteiger partial charge in [0.05, 0.1) is 18.2 Å². The molecule has 0 aliphatic heterocycles. The van der Waals surface area contributed by atoms with E-state index >= 15 is 0 Å². The highest BCUT2D eigenvalue weighted by Gasteiger charge is 2.24. The van der Waals surface area contributed by atoms with Crippen LogP contribution >= 0.6 is 0 Å². The Bertz CT molecular complexity index is 470. The Hall–Kier alpha value is -1.62. The van der Waals surface area contributed by atoms with E-state index in [0.29, 0.717) is 13.1 Å². The van der Waals surface area contributed by atoms with Gasteiger partial charge in [-0.15, -0.1) is 0 Å². The molecule has 0 aliphatic carbocycles. The van der Waals surface area contributed by atoms with Crippen LogP contribution in [0.15, 0.2) is 6.20 Å². The quantitative estimate of drug-likeness (QED) is 0.813. The van der Waals surface area contributed by atoms with Crippen LogP contribution in [0.3, 0.4) is 0 Å². The zero-order valence-corrected chi connectivity index (χ0v) is 12.3. The number of amides is 1. The minimum atomic E-state index is -0.567. The third-order valence-electron chi connectivity index (χ3n) is 3.28. The molecule has 0 spiro atoms. The first-order valence-electron chi connectivity index (χ1n) is 6.29. The Morgan fingerprint density at radius 2 is 2.11 bits per heavy atom. The average Bonchev–Trinajstić information content (AvgIpc) is 2.32. The van der Waals surface area contributed by atoms with Crippen LogP contribution in [0.25, 0.3) is 0 Å². The van der Waals surface area contributed by atoms with Crippen LogP contribution < -0.4 is 15.8 Å². The van der Waals surface area contributed by atoms with Crippen LogP contribution in [0.4, 0.5) is 0 Å². The van der Waals surface area contributed by atoms with Crippen molar-refractivity contribution in [3.8, 4) is 5.75 Å². The molecule has 0 bridgehead atoms. The first kappa shape index (κ1) is 15.4. The molecule has 5 nitrogen and oxygen atoms in total. The molecule has 5 heteroatoms. The van der Waals surface area contributed by atoms with E-state index in [0.717, 1.165) is 22.6 Å². The molecule has 1 aromatic heterocycles. The Labute approximate surface area is 114 Å². The fourth-order valence-corrected chi connectivity index (χ4v) is 1.83. The monoisotopic (exact) mass is 265 g/mol. The summed E-state index contributed by atoms with van der Waals surface area (Å²) in [5.74, 6) is 0.548. The van der Waals surface area contributed by atoms with Gasteiger partial charge >= 0.3 is 0 Å². The Kier molecular flexibility index (Phi) is 4.89. The lowest BCUT2D eigenvalue weighted by Gasteiger charge is -2.21. The molecule has 0 atom stereocenters. The van der Waals surface area contributed by atoms with Crippen LogP contribution in [0.2, 0.25) is 0 Å². The van der Waals surface area contributed by atoms with Crippen LogP contribution in [0, 0.1) is 19.3 Å². The van der Waals surface area contributed by atoms with Gasteiger partial charge in [0.2, 0.25) is 5.91 Å². The lowest BCUT2D eigenvalue weighted by molar-refractivity contribution is -0.125. The number of methoxy groups -OCH3 is 1. The van der Waals surface area contributed by atoms with E-state index in [-0.39, 0.29) is 5.91 Å². The number of aryl methyl sites for hydroxylation is 1. The van der Waals surface area contributed by atoms with Crippen LogP contribution in [0.1, 0.15) is 30.7 Å². The van der Waals surface area contributed by atoms with Crippen LogP contribution in [-0.2, 0) is 11.3 Å². The maximum Gasteiger partial charge on any atom is 0.224 e. The van der Waals surface area contributed by atoms with Crippen molar-refractivity contribution in [2.24, 2.45) is 11.1 Å². The van der Waals surface area contributed by atoms with E-state index in [2.05, 4.69) is 10.3 Å². The summed E-state index contributed by atoms with van der Waals surface area (Å²) >= 11 is 0. The molecule has 19 heavy (non-hydrogen) atoms. The third kappa shape index (κ3) is 3.67. The minimum Gasteiger partial charge on any atom is -0.496 e. The molecule has 0 saturated carbocycles. The predicted octanol–water partition coefficient (Wildman–Crippen LogP) is 1.31. The zero-order valence-electron chi connectivity index (χ0n) is 12.3. The molecule has 0 fully saturated rings. The largest absolute Gasteiger partial charge is 0.496 e. The van der Waals surface area contributed by atoms with Crippen molar-refractivity contribution in [3.05, 3.63) is 23.0 Å². The number of aromatic nitrogens is 1. The summed E-state index contributed by atoms with van der Waals surface area (Å²) in [6, 6.07) is 0. The van der Waals surface area contributed by atoms with Crippen LogP contribution in [0.5, 0.6) is 5.75 Å². The summed E-state index contributed by atoms with van der Waals surface area (Å²) in [5.41, 5.74) is 7.72. The zero-order chi connectivity index (χ0) is 14.6. The highest BCUT2D eigenvalue weighted by atomic mass is 16.5. The van der Waals surface area contributed by atoms with E-state index < -0.39 is 5.41 Å². The maximum atomic E-state index is 11.2. The fourth-order valence-electron chi connectivity index (χ4n) is 1.83. The van der Waals surface area contributed by atoms with E-state index in [9.17, 15) is 4.79 Å². The second-order valence-electron chi connectivity index (χ2n) is 5.40. The van der Waals surface area contributed by atoms with Gasteiger partial charge in [-0.05, 0) is 27.7 Å². The molecule has 0 aliphatic rings. The fraction of sp³-hybridized carbons (Fsp3) is 0.571. The van der Waals surface area contributed by atoms with Crippen molar-refractivity contribution in [2.75, 3.05) is 13.7 Å². The SMILES string of the molecule is COc1c(C)cnc(CNCC(C)(C)C(N)=O)c1C. The standard InChI is InChI=1S/C14H23N3O2/c1-9-6-17-11(10(2)12(9)19-5)7-16-8-14(3,4)13(15)18/h6,16H,7-8H2,1-5H3,(H2,15,18). The van der Waals surface area contributed by atoms with Gasteiger partial charge in [-0.1, -0.05) is 0 Å². The number of nitrogens with two attached hydrogens (primary N) is 1. The highest BCUT2D eigenvalue weighted by molar-refractivity contribution is 5.80. The van der Waals surface area contributed by atoms with E-state index in [1.54, 1.807) is 13.3 Å².